The summed E-state index contributed by atoms with van der Waals surface area (Å²) < 4.78 is 11.2. The molecule has 2 aromatic rings. The molecule has 0 saturated carbocycles. The van der Waals surface area contributed by atoms with Crippen molar-refractivity contribution in [3.63, 3.8) is 0 Å². The molecule has 0 atom stereocenters. The predicted molar refractivity (Wildman–Crippen MR) is 98.7 cm³/mol. The summed E-state index contributed by atoms with van der Waals surface area (Å²) in [6.07, 6.45) is 0.849. The molecule has 8 heteroatoms. The van der Waals surface area contributed by atoms with E-state index in [1.807, 2.05) is 0 Å². The van der Waals surface area contributed by atoms with Crippen LogP contribution in [0.15, 0.2) is 12.1 Å². The lowest BCUT2D eigenvalue weighted by Crippen LogP contribution is -2.13. The number of anilines is 1. The Bertz CT molecular complexity index is 703. The summed E-state index contributed by atoms with van der Waals surface area (Å²) in [5.41, 5.74) is 0.504. The number of rotatable bonds is 6. The van der Waals surface area contributed by atoms with Gasteiger partial charge in [-0.3, -0.25) is 10.1 Å². The van der Waals surface area contributed by atoms with Crippen LogP contribution in [-0.4, -0.2) is 30.3 Å². The van der Waals surface area contributed by atoms with Crippen LogP contribution in [0.3, 0.4) is 0 Å². The van der Waals surface area contributed by atoms with E-state index in [4.69, 9.17) is 9.47 Å². The number of ether oxygens (including phenoxy) is 2. The minimum Gasteiger partial charge on any atom is -0.493 e. The first kappa shape index (κ1) is 17.9. The van der Waals surface area contributed by atoms with Crippen LogP contribution >= 0.6 is 33.9 Å². The lowest BCUT2D eigenvalue weighted by molar-refractivity contribution is 0.102. The van der Waals surface area contributed by atoms with Crippen molar-refractivity contribution in [3.8, 4) is 11.5 Å². The van der Waals surface area contributed by atoms with Gasteiger partial charge in [-0.2, -0.15) is 0 Å². The van der Waals surface area contributed by atoms with Crippen molar-refractivity contribution in [2.45, 2.75) is 20.3 Å². The molecule has 0 bridgehead atoms. The van der Waals surface area contributed by atoms with Gasteiger partial charge in [0.1, 0.15) is 5.01 Å². The number of carbonyl (C=O) groups is 1. The third kappa shape index (κ3) is 4.54. The summed E-state index contributed by atoms with van der Waals surface area (Å²) in [6, 6.07) is 3.42. The molecule has 1 aromatic heterocycles. The zero-order valence-electron chi connectivity index (χ0n) is 13.3. The Labute approximate surface area is 152 Å². The van der Waals surface area contributed by atoms with Crippen molar-refractivity contribution in [2.75, 3.05) is 19.5 Å². The largest absolute Gasteiger partial charge is 0.493 e. The maximum atomic E-state index is 12.5. The Morgan fingerprint density at radius 3 is 2.52 bits per heavy atom. The number of halogens is 1. The fourth-order valence-corrected chi connectivity index (χ4v) is 3.56. The highest BCUT2D eigenvalue weighted by molar-refractivity contribution is 14.1. The number of carbonyl (C=O) groups excluding carboxylic acids is 1. The number of amides is 1. The molecule has 1 amide bonds. The van der Waals surface area contributed by atoms with Crippen LogP contribution in [0.5, 0.6) is 11.5 Å². The second-order valence-electron chi connectivity index (χ2n) is 5.24. The van der Waals surface area contributed by atoms with E-state index in [2.05, 4.69) is 52.0 Å². The van der Waals surface area contributed by atoms with Gasteiger partial charge in [-0.05, 0) is 40.6 Å². The molecule has 0 aliphatic carbocycles. The molecule has 1 heterocycles. The topological polar surface area (TPSA) is 73.3 Å². The molecule has 2 rings (SSSR count). The van der Waals surface area contributed by atoms with Crippen molar-refractivity contribution in [1.29, 1.82) is 0 Å². The first-order valence-corrected chi connectivity index (χ1v) is 8.89. The summed E-state index contributed by atoms with van der Waals surface area (Å²) in [7, 11) is 3.10. The Hall–Kier alpha value is -1.42. The molecule has 124 valence electrons. The maximum Gasteiger partial charge on any atom is 0.258 e. The lowest BCUT2D eigenvalue weighted by atomic mass is 10.1. The van der Waals surface area contributed by atoms with Gasteiger partial charge < -0.3 is 9.47 Å². The Morgan fingerprint density at radius 2 is 1.91 bits per heavy atom. The zero-order chi connectivity index (χ0) is 17.0. The minimum absolute atomic E-state index is 0.248. The molecule has 6 nitrogen and oxygen atoms in total. The molecular weight excluding hydrogens is 429 g/mol. The zero-order valence-corrected chi connectivity index (χ0v) is 16.3. The van der Waals surface area contributed by atoms with Crippen LogP contribution in [0.1, 0.15) is 29.2 Å². The number of nitrogens with one attached hydrogen (secondary N) is 1. The average molecular weight is 447 g/mol. The van der Waals surface area contributed by atoms with E-state index in [1.165, 1.54) is 18.4 Å². The molecule has 0 saturated heterocycles. The van der Waals surface area contributed by atoms with E-state index in [9.17, 15) is 4.79 Å². The number of aromatic nitrogens is 2. The highest BCUT2D eigenvalue weighted by Gasteiger charge is 2.17. The molecule has 0 aliphatic heterocycles. The van der Waals surface area contributed by atoms with Crippen LogP contribution in [0.4, 0.5) is 5.13 Å². The maximum absolute atomic E-state index is 12.5. The van der Waals surface area contributed by atoms with E-state index in [1.54, 1.807) is 19.2 Å². The molecule has 23 heavy (non-hydrogen) atoms. The van der Waals surface area contributed by atoms with Gasteiger partial charge in [0, 0.05) is 9.99 Å². The van der Waals surface area contributed by atoms with Gasteiger partial charge in [0.15, 0.2) is 11.5 Å². The van der Waals surface area contributed by atoms with Gasteiger partial charge in [-0.1, -0.05) is 25.2 Å². The van der Waals surface area contributed by atoms with Crippen LogP contribution in [0, 0.1) is 9.49 Å². The van der Waals surface area contributed by atoms with Crippen LogP contribution in [-0.2, 0) is 6.42 Å². The number of hydrogen-bond donors (Lipinski definition) is 1. The fourth-order valence-electron chi connectivity index (χ4n) is 1.93. The minimum atomic E-state index is -0.248. The third-order valence-electron chi connectivity index (χ3n) is 2.99. The molecule has 0 fully saturated rings. The van der Waals surface area contributed by atoms with E-state index in [0.29, 0.717) is 28.1 Å². The van der Waals surface area contributed by atoms with Crippen molar-refractivity contribution < 1.29 is 14.3 Å². The Kier molecular flexibility index (Phi) is 6.17. The molecule has 1 aromatic carbocycles. The summed E-state index contributed by atoms with van der Waals surface area (Å²) in [6.45, 7) is 4.23. The lowest BCUT2D eigenvalue weighted by Gasteiger charge is -2.11. The Balaban J connectivity index is 2.19. The predicted octanol–water partition coefficient (Wildman–Crippen LogP) is 3.61. The highest BCUT2D eigenvalue weighted by Crippen LogP contribution is 2.31. The van der Waals surface area contributed by atoms with Gasteiger partial charge in [-0.25, -0.2) is 0 Å². The number of nitrogens with zero attached hydrogens (tertiary/aromatic N) is 2. The smallest absolute Gasteiger partial charge is 0.258 e. The van der Waals surface area contributed by atoms with Gasteiger partial charge >= 0.3 is 0 Å². The van der Waals surface area contributed by atoms with Crippen molar-refractivity contribution in [2.24, 2.45) is 5.92 Å². The summed E-state index contributed by atoms with van der Waals surface area (Å²) in [4.78, 5) is 12.5. The van der Waals surface area contributed by atoms with Crippen molar-refractivity contribution in [3.05, 3.63) is 26.3 Å². The van der Waals surface area contributed by atoms with Gasteiger partial charge in [0.2, 0.25) is 5.13 Å². The normalized spacial score (nSPS) is 10.7. The van der Waals surface area contributed by atoms with E-state index in [0.717, 1.165) is 15.0 Å². The number of benzene rings is 1. The first-order chi connectivity index (χ1) is 10.9. The van der Waals surface area contributed by atoms with Gasteiger partial charge in [-0.15, -0.1) is 10.2 Å². The monoisotopic (exact) mass is 447 g/mol. The molecule has 0 aliphatic rings. The highest BCUT2D eigenvalue weighted by atomic mass is 127. The van der Waals surface area contributed by atoms with Crippen LogP contribution in [0.25, 0.3) is 0 Å². The van der Waals surface area contributed by atoms with E-state index in [-0.39, 0.29) is 5.91 Å². The molecule has 0 spiro atoms. The van der Waals surface area contributed by atoms with Gasteiger partial charge in [0.25, 0.3) is 5.91 Å². The second-order valence-corrected chi connectivity index (χ2v) is 7.46. The van der Waals surface area contributed by atoms with E-state index >= 15 is 0 Å². The summed E-state index contributed by atoms with van der Waals surface area (Å²) in [5.74, 6) is 1.35. The molecule has 1 N–H and O–H groups in total. The van der Waals surface area contributed by atoms with E-state index < -0.39 is 0 Å². The second kappa shape index (κ2) is 7.91. The summed E-state index contributed by atoms with van der Waals surface area (Å²) >= 11 is 3.49. The van der Waals surface area contributed by atoms with Gasteiger partial charge in [0.05, 0.1) is 19.8 Å². The summed E-state index contributed by atoms with van der Waals surface area (Å²) in [5, 5.41) is 12.3. The van der Waals surface area contributed by atoms with Crippen LogP contribution < -0.4 is 14.8 Å². The van der Waals surface area contributed by atoms with Crippen molar-refractivity contribution in [1.82, 2.24) is 10.2 Å². The number of methoxy groups -OCH3 is 2. The fraction of sp³-hybridized carbons (Fsp3) is 0.400. The average Bonchev–Trinajstić information content (AvgIpc) is 2.92. The molecule has 0 unspecified atom stereocenters. The first-order valence-electron chi connectivity index (χ1n) is 6.99. The quantitative estimate of drug-likeness (QED) is 0.686. The SMILES string of the molecule is COc1cc(I)c(C(=O)Nc2nnc(CC(C)C)s2)cc1OC. The standard InChI is InChI=1S/C15H18IN3O3S/c1-8(2)5-13-18-19-15(23-13)17-14(20)9-6-11(21-3)12(22-4)7-10(9)16/h6-8H,5H2,1-4H3,(H,17,19,20). The third-order valence-corrected chi connectivity index (χ3v) is 4.74. The number of hydrogen-bond acceptors (Lipinski definition) is 6. The van der Waals surface area contributed by atoms with Crippen LogP contribution in [0.2, 0.25) is 0 Å². The molecule has 0 radical (unpaired) electrons. The van der Waals surface area contributed by atoms with Crippen molar-refractivity contribution >= 4 is 45.0 Å². The molecular formula is C15H18IN3O3S. The Morgan fingerprint density at radius 1 is 1.26 bits per heavy atom.